The van der Waals surface area contributed by atoms with E-state index in [1.165, 1.54) is 44.5 Å². The molecule has 0 spiro atoms. The third-order valence-corrected chi connectivity index (χ3v) is 4.71. The van der Waals surface area contributed by atoms with Crippen LogP contribution in [0.3, 0.4) is 0 Å². The number of aryl methyl sites for hydroxylation is 1. The Hall–Kier alpha value is -1.75. The lowest BCUT2D eigenvalue weighted by Gasteiger charge is -2.32. The van der Waals surface area contributed by atoms with E-state index in [9.17, 15) is 0 Å². The second-order valence-electron chi connectivity index (χ2n) is 6.83. The fourth-order valence-electron chi connectivity index (χ4n) is 3.16. The number of benzene rings is 1. The van der Waals surface area contributed by atoms with Gasteiger partial charge in [0.15, 0.2) is 5.96 Å². The second kappa shape index (κ2) is 11.0. The first-order valence-electron chi connectivity index (χ1n) is 9.57. The van der Waals surface area contributed by atoms with Gasteiger partial charge in [0.2, 0.25) is 0 Å². The van der Waals surface area contributed by atoms with Crippen molar-refractivity contribution in [2.24, 2.45) is 10.9 Å². The van der Waals surface area contributed by atoms with Gasteiger partial charge in [0.1, 0.15) is 12.4 Å². The van der Waals surface area contributed by atoms with Crippen molar-refractivity contribution in [2.75, 3.05) is 46.4 Å². The van der Waals surface area contributed by atoms with Crippen LogP contribution in [-0.2, 0) is 0 Å². The molecule has 1 heterocycles. The van der Waals surface area contributed by atoms with E-state index in [-0.39, 0.29) is 0 Å². The first-order valence-corrected chi connectivity index (χ1v) is 9.57. The summed E-state index contributed by atoms with van der Waals surface area (Å²) >= 11 is 0. The Bertz CT molecular complexity index is 507. The monoisotopic (exact) mass is 346 g/mol. The smallest absolute Gasteiger partial charge is 0.191 e. The number of nitrogens with zero attached hydrogens (tertiary/aromatic N) is 2. The summed E-state index contributed by atoms with van der Waals surface area (Å²) in [5.74, 6) is 2.52. The second-order valence-corrected chi connectivity index (χ2v) is 6.83. The fourth-order valence-corrected chi connectivity index (χ4v) is 3.16. The number of nitrogens with one attached hydrogen (secondary N) is 2. The Balaban J connectivity index is 1.58. The molecule has 1 aromatic rings. The summed E-state index contributed by atoms with van der Waals surface area (Å²) in [6.07, 6.45) is 3.81. The van der Waals surface area contributed by atoms with Crippen molar-refractivity contribution in [3.8, 4) is 5.75 Å². The summed E-state index contributed by atoms with van der Waals surface area (Å²) in [6.45, 7) is 10.4. The van der Waals surface area contributed by atoms with Crippen LogP contribution in [0.2, 0.25) is 0 Å². The molecule has 0 unspecified atom stereocenters. The first kappa shape index (κ1) is 19.6. The Morgan fingerprint density at radius 1 is 1.20 bits per heavy atom. The van der Waals surface area contributed by atoms with Gasteiger partial charge in [0.05, 0.1) is 6.54 Å². The zero-order chi connectivity index (χ0) is 17.9. The molecule has 1 aliphatic heterocycles. The molecule has 0 atom stereocenters. The Morgan fingerprint density at radius 3 is 2.56 bits per heavy atom. The van der Waals surface area contributed by atoms with Gasteiger partial charge in [-0.2, -0.15) is 0 Å². The molecule has 5 nitrogen and oxygen atoms in total. The highest BCUT2D eigenvalue weighted by atomic mass is 16.5. The van der Waals surface area contributed by atoms with E-state index in [0.29, 0.717) is 6.61 Å². The van der Waals surface area contributed by atoms with Crippen molar-refractivity contribution in [1.82, 2.24) is 15.5 Å². The molecular weight excluding hydrogens is 312 g/mol. The Morgan fingerprint density at radius 2 is 1.92 bits per heavy atom. The van der Waals surface area contributed by atoms with Crippen molar-refractivity contribution < 1.29 is 4.74 Å². The maximum absolute atomic E-state index is 5.73. The summed E-state index contributed by atoms with van der Waals surface area (Å²) in [5, 5.41) is 6.78. The zero-order valence-corrected chi connectivity index (χ0v) is 16.1. The highest BCUT2D eigenvalue weighted by Gasteiger charge is 2.18. The van der Waals surface area contributed by atoms with Gasteiger partial charge < -0.3 is 20.3 Å². The molecule has 1 aliphatic rings. The molecular formula is C20H34N4O. The molecule has 25 heavy (non-hydrogen) atoms. The molecule has 1 saturated heterocycles. The summed E-state index contributed by atoms with van der Waals surface area (Å²) in [7, 11) is 1.82. The molecule has 0 amide bonds. The highest BCUT2D eigenvalue weighted by Crippen LogP contribution is 2.16. The van der Waals surface area contributed by atoms with Crippen molar-refractivity contribution in [3.05, 3.63) is 29.8 Å². The fraction of sp³-hybridized carbons (Fsp3) is 0.650. The highest BCUT2D eigenvalue weighted by molar-refractivity contribution is 5.79. The van der Waals surface area contributed by atoms with Crippen LogP contribution in [0.25, 0.3) is 0 Å². The molecule has 2 rings (SSSR count). The average Bonchev–Trinajstić information content (AvgIpc) is 2.64. The SMILES string of the molecule is CCCN1CCC(CNC(=NC)NCCOc2ccc(C)cc2)CC1. The van der Waals surface area contributed by atoms with Crippen LogP contribution in [0.1, 0.15) is 31.7 Å². The largest absolute Gasteiger partial charge is 0.492 e. The normalized spacial score (nSPS) is 16.7. The summed E-state index contributed by atoms with van der Waals surface area (Å²) in [4.78, 5) is 6.88. The van der Waals surface area contributed by atoms with E-state index in [1.54, 1.807) is 0 Å². The first-order chi connectivity index (χ1) is 12.2. The van der Waals surface area contributed by atoms with Crippen molar-refractivity contribution >= 4 is 5.96 Å². The van der Waals surface area contributed by atoms with Gasteiger partial charge >= 0.3 is 0 Å². The van der Waals surface area contributed by atoms with Crippen molar-refractivity contribution in [2.45, 2.75) is 33.1 Å². The van der Waals surface area contributed by atoms with Crippen LogP contribution in [0.15, 0.2) is 29.3 Å². The van der Waals surface area contributed by atoms with E-state index < -0.39 is 0 Å². The van der Waals surface area contributed by atoms with Gasteiger partial charge in [0.25, 0.3) is 0 Å². The molecule has 0 saturated carbocycles. The number of ether oxygens (including phenoxy) is 1. The lowest BCUT2D eigenvalue weighted by Crippen LogP contribution is -2.43. The van der Waals surface area contributed by atoms with E-state index in [1.807, 2.05) is 19.2 Å². The number of guanidine groups is 1. The lowest BCUT2D eigenvalue weighted by atomic mass is 9.97. The molecule has 0 aliphatic carbocycles. The van der Waals surface area contributed by atoms with E-state index in [0.717, 1.165) is 30.7 Å². The summed E-state index contributed by atoms with van der Waals surface area (Å²) in [6, 6.07) is 8.14. The number of rotatable bonds is 8. The summed E-state index contributed by atoms with van der Waals surface area (Å²) in [5.41, 5.74) is 1.25. The summed E-state index contributed by atoms with van der Waals surface area (Å²) < 4.78 is 5.73. The van der Waals surface area contributed by atoms with Crippen LogP contribution >= 0.6 is 0 Å². The zero-order valence-electron chi connectivity index (χ0n) is 16.1. The van der Waals surface area contributed by atoms with Crippen LogP contribution in [-0.4, -0.2) is 57.2 Å². The molecule has 0 aromatic heterocycles. The third kappa shape index (κ3) is 7.34. The maximum atomic E-state index is 5.73. The molecule has 1 aromatic carbocycles. The standard InChI is InChI=1S/C20H34N4O/c1-4-12-24-13-9-18(10-14-24)16-23-20(21-3)22-11-15-25-19-7-5-17(2)6-8-19/h5-8,18H,4,9-16H2,1-3H3,(H2,21,22,23). The minimum absolute atomic E-state index is 0.624. The molecule has 2 N–H and O–H groups in total. The van der Waals surface area contributed by atoms with Gasteiger partial charge in [0, 0.05) is 13.6 Å². The molecule has 5 heteroatoms. The topological polar surface area (TPSA) is 48.9 Å². The van der Waals surface area contributed by atoms with Gasteiger partial charge in [-0.1, -0.05) is 24.6 Å². The van der Waals surface area contributed by atoms with Gasteiger partial charge in [-0.15, -0.1) is 0 Å². The third-order valence-electron chi connectivity index (χ3n) is 4.71. The molecule has 0 radical (unpaired) electrons. The number of hydrogen-bond acceptors (Lipinski definition) is 3. The van der Waals surface area contributed by atoms with E-state index in [2.05, 4.69) is 46.5 Å². The maximum Gasteiger partial charge on any atom is 0.191 e. The van der Waals surface area contributed by atoms with Crippen LogP contribution in [0, 0.1) is 12.8 Å². The van der Waals surface area contributed by atoms with Crippen LogP contribution < -0.4 is 15.4 Å². The van der Waals surface area contributed by atoms with Gasteiger partial charge in [-0.05, 0) is 63.9 Å². The number of hydrogen-bond donors (Lipinski definition) is 2. The van der Waals surface area contributed by atoms with Crippen LogP contribution in [0.5, 0.6) is 5.75 Å². The molecule has 0 bridgehead atoms. The van der Waals surface area contributed by atoms with Crippen LogP contribution in [0.4, 0.5) is 0 Å². The average molecular weight is 347 g/mol. The van der Waals surface area contributed by atoms with E-state index >= 15 is 0 Å². The Labute approximate surface area is 152 Å². The minimum atomic E-state index is 0.624. The van der Waals surface area contributed by atoms with Crippen molar-refractivity contribution in [3.63, 3.8) is 0 Å². The van der Waals surface area contributed by atoms with E-state index in [4.69, 9.17) is 4.74 Å². The van der Waals surface area contributed by atoms with Gasteiger partial charge in [-0.3, -0.25) is 4.99 Å². The number of aliphatic imine (C=N–C) groups is 1. The Kier molecular flexibility index (Phi) is 8.60. The minimum Gasteiger partial charge on any atom is -0.492 e. The number of likely N-dealkylation sites (tertiary alicyclic amines) is 1. The predicted molar refractivity (Wildman–Crippen MR) is 105 cm³/mol. The molecule has 1 fully saturated rings. The lowest BCUT2D eigenvalue weighted by molar-refractivity contribution is 0.185. The van der Waals surface area contributed by atoms with Crippen molar-refractivity contribution in [1.29, 1.82) is 0 Å². The quantitative estimate of drug-likeness (QED) is 0.432. The van der Waals surface area contributed by atoms with Gasteiger partial charge in [-0.25, -0.2) is 0 Å². The number of piperidine rings is 1. The molecule has 140 valence electrons. The predicted octanol–water partition coefficient (Wildman–Crippen LogP) is 2.66.